The largest absolute Gasteiger partial charge is 0.480 e. The molecular formula is C27H34N2O5. The lowest BCUT2D eigenvalue weighted by molar-refractivity contribution is -0.145. The molecule has 3 rings (SSSR count). The molecule has 0 fully saturated rings. The first kappa shape index (κ1) is 25.3. The summed E-state index contributed by atoms with van der Waals surface area (Å²) < 4.78 is 5.59. The molecule has 1 aliphatic rings. The Morgan fingerprint density at radius 1 is 0.824 bits per heavy atom. The van der Waals surface area contributed by atoms with Crippen molar-refractivity contribution >= 4 is 18.0 Å². The SMILES string of the molecule is CC(C)(C)C(NC(=O)[C@@H](NC(=O)OCC1c2ccccc2-c2ccccc21)C(C)(C)C)C(=O)O. The molecule has 2 amide bonds. The monoisotopic (exact) mass is 466 g/mol. The Kier molecular flexibility index (Phi) is 7.05. The Bertz CT molecular complexity index is 1040. The van der Waals surface area contributed by atoms with Crippen LogP contribution in [-0.4, -0.2) is 41.8 Å². The van der Waals surface area contributed by atoms with Gasteiger partial charge in [-0.3, -0.25) is 4.79 Å². The Balaban J connectivity index is 1.72. The number of rotatable bonds is 6. The number of nitrogens with one attached hydrogen (secondary N) is 2. The second kappa shape index (κ2) is 9.49. The van der Waals surface area contributed by atoms with Crippen molar-refractivity contribution in [1.82, 2.24) is 10.6 Å². The van der Waals surface area contributed by atoms with Gasteiger partial charge in [-0.15, -0.1) is 0 Å². The number of hydrogen-bond acceptors (Lipinski definition) is 4. The molecule has 0 heterocycles. The van der Waals surface area contributed by atoms with Crippen molar-refractivity contribution in [3.8, 4) is 11.1 Å². The highest BCUT2D eigenvalue weighted by Crippen LogP contribution is 2.44. The predicted octanol–water partition coefficient (Wildman–Crippen LogP) is 4.56. The molecule has 34 heavy (non-hydrogen) atoms. The predicted molar refractivity (Wildman–Crippen MR) is 130 cm³/mol. The third-order valence-corrected chi connectivity index (χ3v) is 6.13. The Labute approximate surface area is 200 Å². The van der Waals surface area contributed by atoms with E-state index in [-0.39, 0.29) is 12.5 Å². The number of carboxylic acids is 1. The summed E-state index contributed by atoms with van der Waals surface area (Å²) >= 11 is 0. The van der Waals surface area contributed by atoms with E-state index in [1.807, 2.05) is 36.4 Å². The zero-order valence-electron chi connectivity index (χ0n) is 20.6. The van der Waals surface area contributed by atoms with E-state index in [2.05, 4.69) is 22.8 Å². The van der Waals surface area contributed by atoms with Crippen molar-refractivity contribution in [2.45, 2.75) is 59.5 Å². The standard InChI is InChI=1S/C27H34N2O5/c1-26(2,3)21(23(30)28-22(24(31)32)27(4,5)6)29-25(33)34-15-20-18-13-9-7-11-16(18)17-12-8-10-14-19(17)20/h7-14,20-22H,15H2,1-6H3,(H,28,30)(H,29,33)(H,31,32)/t21-,22?/m1/s1. The summed E-state index contributed by atoms with van der Waals surface area (Å²) in [6.45, 7) is 10.7. The molecular weight excluding hydrogens is 432 g/mol. The summed E-state index contributed by atoms with van der Waals surface area (Å²) in [5.41, 5.74) is 3.07. The van der Waals surface area contributed by atoms with Crippen LogP contribution in [0.4, 0.5) is 4.79 Å². The minimum absolute atomic E-state index is 0.0997. The van der Waals surface area contributed by atoms with E-state index in [0.29, 0.717) is 0 Å². The second-order valence-corrected chi connectivity index (χ2v) is 10.9. The average Bonchev–Trinajstić information content (AvgIpc) is 3.06. The summed E-state index contributed by atoms with van der Waals surface area (Å²) in [6.07, 6.45) is -0.723. The fraction of sp³-hybridized carbons (Fsp3) is 0.444. The molecule has 2 aromatic rings. The third kappa shape index (κ3) is 5.41. The molecule has 0 saturated heterocycles. The maximum Gasteiger partial charge on any atom is 0.407 e. The Hall–Kier alpha value is -3.35. The lowest BCUT2D eigenvalue weighted by Crippen LogP contribution is -2.59. The fourth-order valence-corrected chi connectivity index (χ4v) is 4.31. The van der Waals surface area contributed by atoms with Gasteiger partial charge in [0.05, 0.1) is 0 Å². The van der Waals surface area contributed by atoms with Crippen molar-refractivity contribution in [2.24, 2.45) is 10.8 Å². The van der Waals surface area contributed by atoms with E-state index in [1.165, 1.54) is 0 Å². The van der Waals surface area contributed by atoms with Crippen molar-refractivity contribution < 1.29 is 24.2 Å². The first-order chi connectivity index (χ1) is 15.8. The van der Waals surface area contributed by atoms with Crippen LogP contribution in [0.15, 0.2) is 48.5 Å². The van der Waals surface area contributed by atoms with Crippen LogP contribution in [0.2, 0.25) is 0 Å². The molecule has 2 atom stereocenters. The highest BCUT2D eigenvalue weighted by atomic mass is 16.5. The molecule has 3 N–H and O–H groups in total. The normalized spacial score (nSPS) is 15.0. The van der Waals surface area contributed by atoms with E-state index >= 15 is 0 Å². The van der Waals surface area contributed by atoms with Crippen LogP contribution < -0.4 is 10.6 Å². The highest BCUT2D eigenvalue weighted by Gasteiger charge is 2.39. The third-order valence-electron chi connectivity index (χ3n) is 6.13. The van der Waals surface area contributed by atoms with Gasteiger partial charge in [0, 0.05) is 5.92 Å². The number of hydrogen-bond donors (Lipinski definition) is 3. The topological polar surface area (TPSA) is 105 Å². The number of benzene rings is 2. The number of carbonyl (C=O) groups is 3. The van der Waals surface area contributed by atoms with Crippen LogP contribution in [0.3, 0.4) is 0 Å². The van der Waals surface area contributed by atoms with E-state index in [1.54, 1.807) is 41.5 Å². The number of carboxylic acid groups (broad SMARTS) is 1. The first-order valence-electron chi connectivity index (χ1n) is 11.5. The molecule has 1 aliphatic carbocycles. The van der Waals surface area contributed by atoms with Gasteiger partial charge in [-0.1, -0.05) is 90.1 Å². The molecule has 7 heteroatoms. The maximum absolute atomic E-state index is 13.0. The quantitative estimate of drug-likeness (QED) is 0.579. The van der Waals surface area contributed by atoms with Gasteiger partial charge in [0.15, 0.2) is 0 Å². The minimum Gasteiger partial charge on any atom is -0.480 e. The lowest BCUT2D eigenvalue weighted by atomic mass is 9.83. The smallest absolute Gasteiger partial charge is 0.407 e. The van der Waals surface area contributed by atoms with E-state index in [9.17, 15) is 19.5 Å². The molecule has 0 aliphatic heterocycles. The van der Waals surface area contributed by atoms with Crippen LogP contribution in [0.1, 0.15) is 58.6 Å². The van der Waals surface area contributed by atoms with Gasteiger partial charge >= 0.3 is 12.1 Å². The molecule has 0 bridgehead atoms. The molecule has 2 aromatic carbocycles. The molecule has 0 saturated carbocycles. The van der Waals surface area contributed by atoms with Gasteiger partial charge in [-0.2, -0.15) is 0 Å². The molecule has 0 aromatic heterocycles. The molecule has 182 valence electrons. The van der Waals surface area contributed by atoms with Gasteiger partial charge in [0.1, 0.15) is 18.7 Å². The van der Waals surface area contributed by atoms with Gasteiger partial charge in [0.2, 0.25) is 5.91 Å². The Morgan fingerprint density at radius 2 is 1.29 bits per heavy atom. The molecule has 7 nitrogen and oxygen atoms in total. The van der Waals surface area contributed by atoms with Crippen molar-refractivity contribution in [3.63, 3.8) is 0 Å². The van der Waals surface area contributed by atoms with Gasteiger partial charge in [-0.05, 0) is 33.1 Å². The van der Waals surface area contributed by atoms with Crippen molar-refractivity contribution in [3.05, 3.63) is 59.7 Å². The first-order valence-corrected chi connectivity index (χ1v) is 11.5. The summed E-state index contributed by atoms with van der Waals surface area (Å²) in [5, 5.41) is 14.8. The van der Waals surface area contributed by atoms with Crippen LogP contribution in [0, 0.1) is 10.8 Å². The van der Waals surface area contributed by atoms with Gasteiger partial charge < -0.3 is 20.5 Å². The van der Waals surface area contributed by atoms with Gasteiger partial charge in [-0.25, -0.2) is 9.59 Å². The maximum atomic E-state index is 13.0. The van der Waals surface area contributed by atoms with Crippen LogP contribution in [0.25, 0.3) is 11.1 Å². The molecule has 0 spiro atoms. The number of carbonyl (C=O) groups excluding carboxylic acids is 2. The van der Waals surface area contributed by atoms with Crippen LogP contribution in [0.5, 0.6) is 0 Å². The van der Waals surface area contributed by atoms with E-state index < -0.39 is 40.9 Å². The molecule has 1 unspecified atom stereocenters. The number of fused-ring (bicyclic) bond motifs is 3. The second-order valence-electron chi connectivity index (χ2n) is 10.9. The number of alkyl carbamates (subject to hydrolysis) is 1. The van der Waals surface area contributed by atoms with Crippen LogP contribution in [-0.2, 0) is 14.3 Å². The van der Waals surface area contributed by atoms with Crippen molar-refractivity contribution in [2.75, 3.05) is 6.61 Å². The van der Waals surface area contributed by atoms with Crippen LogP contribution >= 0.6 is 0 Å². The highest BCUT2D eigenvalue weighted by molar-refractivity contribution is 5.90. The minimum atomic E-state index is -1.13. The number of aliphatic carboxylic acids is 1. The number of amides is 2. The Morgan fingerprint density at radius 3 is 1.74 bits per heavy atom. The number of ether oxygens (including phenoxy) is 1. The summed E-state index contributed by atoms with van der Waals surface area (Å²) in [4.78, 5) is 37.5. The lowest BCUT2D eigenvalue weighted by Gasteiger charge is -2.34. The van der Waals surface area contributed by atoms with Crippen molar-refractivity contribution in [1.29, 1.82) is 0 Å². The zero-order chi connectivity index (χ0) is 25.3. The summed E-state index contributed by atoms with van der Waals surface area (Å²) in [7, 11) is 0. The summed E-state index contributed by atoms with van der Waals surface area (Å²) in [6, 6.07) is 14.0. The average molecular weight is 467 g/mol. The zero-order valence-corrected chi connectivity index (χ0v) is 20.6. The molecule has 0 radical (unpaired) electrons. The van der Waals surface area contributed by atoms with E-state index in [4.69, 9.17) is 4.74 Å². The van der Waals surface area contributed by atoms with Gasteiger partial charge in [0.25, 0.3) is 0 Å². The van der Waals surface area contributed by atoms with E-state index in [0.717, 1.165) is 22.3 Å². The fourth-order valence-electron chi connectivity index (χ4n) is 4.31. The summed E-state index contributed by atoms with van der Waals surface area (Å²) in [5.74, 6) is -1.80.